The van der Waals surface area contributed by atoms with Gasteiger partial charge in [-0.3, -0.25) is 14.8 Å². The highest BCUT2D eigenvalue weighted by atomic mass is 16.5. The number of aromatic carboxylic acids is 1. The largest absolute Gasteiger partial charge is 0.476 e. The van der Waals surface area contributed by atoms with Gasteiger partial charge in [0.15, 0.2) is 5.69 Å². The molecule has 8 heteroatoms. The van der Waals surface area contributed by atoms with Crippen molar-refractivity contribution >= 4 is 23.3 Å². The van der Waals surface area contributed by atoms with E-state index in [1.807, 2.05) is 18.2 Å². The number of aromatic nitrogens is 2. The Kier molecular flexibility index (Phi) is 6.10. The molecule has 0 aliphatic carbocycles. The molecule has 4 fully saturated rings. The predicted octanol–water partition coefficient (Wildman–Crippen LogP) is 2.41. The van der Waals surface area contributed by atoms with Crippen molar-refractivity contribution in [1.82, 2.24) is 15.1 Å². The number of hydrogen-bond acceptors (Lipinski definition) is 6. The summed E-state index contributed by atoms with van der Waals surface area (Å²) in [7, 11) is 0. The zero-order valence-electron chi connectivity index (χ0n) is 16.4. The first-order valence-corrected chi connectivity index (χ1v) is 10.3. The number of aromatic amines is 1. The summed E-state index contributed by atoms with van der Waals surface area (Å²) in [5.41, 5.74) is 2.04. The molecule has 4 saturated heterocycles. The van der Waals surface area contributed by atoms with Crippen molar-refractivity contribution < 1.29 is 24.2 Å². The summed E-state index contributed by atoms with van der Waals surface area (Å²) in [5.74, 6) is 0.107. The summed E-state index contributed by atoms with van der Waals surface area (Å²) in [6.07, 6.45) is 4.59. The maximum atomic E-state index is 11.1. The molecule has 2 aromatic rings. The molecule has 5 heterocycles. The van der Waals surface area contributed by atoms with E-state index in [-0.39, 0.29) is 11.8 Å². The molecule has 4 aliphatic rings. The van der Waals surface area contributed by atoms with E-state index in [0.29, 0.717) is 23.7 Å². The predicted molar refractivity (Wildman–Crippen MR) is 106 cm³/mol. The Morgan fingerprint density at radius 1 is 1.24 bits per heavy atom. The molecule has 6 rings (SSSR count). The molecule has 0 spiro atoms. The lowest BCUT2D eigenvalue weighted by Crippen LogP contribution is -2.51. The molecule has 0 saturated carbocycles. The number of rotatable bonds is 4. The van der Waals surface area contributed by atoms with Crippen LogP contribution in [0.25, 0.3) is 10.9 Å². The maximum Gasteiger partial charge on any atom is 0.357 e. The quantitative estimate of drug-likeness (QED) is 0.758. The van der Waals surface area contributed by atoms with Crippen molar-refractivity contribution in [3.05, 3.63) is 29.5 Å². The summed E-state index contributed by atoms with van der Waals surface area (Å²) in [6.45, 7) is 5.50. The average molecular weight is 401 g/mol. The number of carboxylic acid groups (broad SMARTS) is 1. The molecule has 1 atom stereocenters. The second-order valence-electron chi connectivity index (χ2n) is 7.98. The van der Waals surface area contributed by atoms with Crippen LogP contribution in [0, 0.1) is 5.92 Å². The van der Waals surface area contributed by atoms with Crippen LogP contribution < -0.4 is 0 Å². The first-order chi connectivity index (χ1) is 14.2. The van der Waals surface area contributed by atoms with E-state index in [0.717, 1.165) is 38.1 Å². The van der Waals surface area contributed by atoms with Gasteiger partial charge in [-0.1, -0.05) is 6.07 Å². The van der Waals surface area contributed by atoms with Crippen LogP contribution >= 0.6 is 0 Å². The van der Waals surface area contributed by atoms with Gasteiger partial charge in [0.2, 0.25) is 0 Å². The highest BCUT2D eigenvalue weighted by molar-refractivity contribution is 6.01. The lowest BCUT2D eigenvalue weighted by Gasteiger charge is -2.43. The first-order valence-electron chi connectivity index (χ1n) is 10.3. The number of carbonyl (C=O) groups is 2. The highest BCUT2D eigenvalue weighted by Crippen LogP contribution is 2.30. The van der Waals surface area contributed by atoms with E-state index >= 15 is 0 Å². The monoisotopic (exact) mass is 401 g/mol. The van der Waals surface area contributed by atoms with Crippen molar-refractivity contribution in [2.45, 2.75) is 37.7 Å². The van der Waals surface area contributed by atoms with Gasteiger partial charge in [0.05, 0.1) is 5.52 Å². The van der Waals surface area contributed by atoms with E-state index in [2.05, 4.69) is 15.1 Å². The Hall–Kier alpha value is -2.45. The Morgan fingerprint density at radius 3 is 2.62 bits per heavy atom. The van der Waals surface area contributed by atoms with Gasteiger partial charge in [-0.25, -0.2) is 4.79 Å². The summed E-state index contributed by atoms with van der Waals surface area (Å²) in [5, 5.41) is 16.3. The molecular formula is C21H27N3O5. The maximum absolute atomic E-state index is 11.1. The summed E-state index contributed by atoms with van der Waals surface area (Å²) in [6, 6.07) is 5.89. The van der Waals surface area contributed by atoms with Gasteiger partial charge in [-0.15, -0.1) is 0 Å². The highest BCUT2D eigenvalue weighted by Gasteiger charge is 2.35. The van der Waals surface area contributed by atoms with Crippen LogP contribution in [-0.2, 0) is 14.3 Å². The van der Waals surface area contributed by atoms with E-state index in [9.17, 15) is 9.59 Å². The van der Waals surface area contributed by atoms with Crippen molar-refractivity contribution in [3.8, 4) is 0 Å². The Balaban J connectivity index is 0.000000159. The molecule has 2 N–H and O–H groups in total. The minimum atomic E-state index is -0.995. The van der Waals surface area contributed by atoms with Crippen molar-refractivity contribution in [2.24, 2.45) is 5.92 Å². The third-order valence-corrected chi connectivity index (χ3v) is 6.31. The Labute approximate surface area is 169 Å². The van der Waals surface area contributed by atoms with Crippen molar-refractivity contribution in [1.29, 1.82) is 0 Å². The zero-order valence-corrected chi connectivity index (χ0v) is 16.4. The molecule has 1 aromatic carbocycles. The third-order valence-electron chi connectivity index (χ3n) is 6.31. The lowest BCUT2D eigenvalue weighted by atomic mass is 9.86. The fourth-order valence-corrected chi connectivity index (χ4v) is 4.62. The summed E-state index contributed by atoms with van der Waals surface area (Å²) >= 11 is 0. The number of piperidine rings is 3. The van der Waals surface area contributed by atoms with Gasteiger partial charge < -0.3 is 14.6 Å². The number of fused-ring (bicyclic) bond motifs is 4. The van der Waals surface area contributed by atoms with E-state index in [1.165, 1.54) is 31.5 Å². The first kappa shape index (κ1) is 19.8. The van der Waals surface area contributed by atoms with Crippen LogP contribution in [0.2, 0.25) is 0 Å². The van der Waals surface area contributed by atoms with Crippen LogP contribution in [0.4, 0.5) is 0 Å². The number of carbonyl (C=O) groups excluding carboxylic acids is 1. The molecule has 8 nitrogen and oxygen atoms in total. The van der Waals surface area contributed by atoms with Gasteiger partial charge in [-0.05, 0) is 68.3 Å². The number of ether oxygens (including phenoxy) is 2. The minimum Gasteiger partial charge on any atom is -0.476 e. The number of H-pyrrole nitrogens is 1. The van der Waals surface area contributed by atoms with Gasteiger partial charge >= 0.3 is 5.97 Å². The molecule has 2 bridgehead atoms. The lowest BCUT2D eigenvalue weighted by molar-refractivity contribution is -0.143. The Bertz CT molecular complexity index is 853. The number of hydrogen-bond donors (Lipinski definition) is 2. The van der Waals surface area contributed by atoms with Gasteiger partial charge in [0, 0.05) is 25.1 Å². The smallest absolute Gasteiger partial charge is 0.357 e. The average Bonchev–Trinajstić information content (AvgIpc) is 3.20. The second kappa shape index (κ2) is 8.92. The molecule has 156 valence electrons. The molecule has 4 aliphatic heterocycles. The molecule has 0 amide bonds. The SMILES string of the molecule is O=C(O)c1n[nH]c2ccc(C3CCOCC3)cc12.O=CO[C@@H]1CN2CCC1CC2. The molecule has 1 aromatic heterocycles. The van der Waals surface area contributed by atoms with Gasteiger partial charge in [-0.2, -0.15) is 5.10 Å². The van der Waals surface area contributed by atoms with Gasteiger partial charge in [0.25, 0.3) is 6.47 Å². The fraction of sp³-hybridized carbons (Fsp3) is 0.571. The second-order valence-corrected chi connectivity index (χ2v) is 7.98. The van der Waals surface area contributed by atoms with Crippen LogP contribution in [-0.4, -0.2) is 71.6 Å². The number of nitrogens with zero attached hydrogens (tertiary/aromatic N) is 2. The summed E-state index contributed by atoms with van der Waals surface area (Å²) in [4.78, 5) is 23.5. The fourth-order valence-electron chi connectivity index (χ4n) is 4.62. The summed E-state index contributed by atoms with van der Waals surface area (Å²) < 4.78 is 10.3. The molecule has 0 radical (unpaired) electrons. The van der Waals surface area contributed by atoms with E-state index < -0.39 is 5.97 Å². The van der Waals surface area contributed by atoms with Crippen LogP contribution in [0.5, 0.6) is 0 Å². The van der Waals surface area contributed by atoms with Gasteiger partial charge in [0.1, 0.15) is 6.10 Å². The standard InChI is InChI=1S/C13H14N2O3.C8H13NO2/c16-13(17)12-10-7-9(1-2-11(10)14-15-12)8-3-5-18-6-4-8;10-6-11-8-5-9-3-1-7(8)2-4-9/h1-2,7-8H,3-6H2,(H,14,15)(H,16,17);6-8H,1-5H2/t;8-/m.1/s1. The molecule has 0 unspecified atom stereocenters. The normalized spacial score (nSPS) is 26.6. The third kappa shape index (κ3) is 4.43. The molecular weight excluding hydrogens is 374 g/mol. The van der Waals surface area contributed by atoms with Crippen LogP contribution in [0.15, 0.2) is 18.2 Å². The van der Waals surface area contributed by atoms with Crippen molar-refractivity contribution in [2.75, 3.05) is 32.8 Å². The zero-order chi connectivity index (χ0) is 20.2. The number of nitrogens with one attached hydrogen (secondary N) is 1. The topological polar surface area (TPSA) is 105 Å². The van der Waals surface area contributed by atoms with E-state index in [1.54, 1.807) is 0 Å². The minimum absolute atomic E-state index is 0.0962. The van der Waals surface area contributed by atoms with Crippen molar-refractivity contribution in [3.63, 3.8) is 0 Å². The Morgan fingerprint density at radius 2 is 2.00 bits per heavy atom. The van der Waals surface area contributed by atoms with Crippen LogP contribution in [0.3, 0.4) is 0 Å². The number of carboxylic acids is 1. The van der Waals surface area contributed by atoms with E-state index in [4.69, 9.17) is 14.6 Å². The number of benzene rings is 1. The molecule has 29 heavy (non-hydrogen) atoms. The van der Waals surface area contributed by atoms with Crippen LogP contribution in [0.1, 0.15) is 47.7 Å².